The van der Waals surface area contributed by atoms with Crippen LogP contribution in [0, 0.1) is 39.4 Å². The number of cyclic esters (lactones) is 1. The van der Waals surface area contributed by atoms with Crippen LogP contribution < -0.4 is 0 Å². The minimum Gasteiger partial charge on any atom is -0.426 e. The van der Waals surface area contributed by atoms with Crippen molar-refractivity contribution < 1.29 is 19.7 Å². The van der Waals surface area contributed by atoms with Gasteiger partial charge in [0.25, 0.3) is 0 Å². The topological polar surface area (TPSA) is 66.8 Å². The highest BCUT2D eigenvalue weighted by molar-refractivity contribution is 5.90. The molecule has 0 aromatic carbocycles. The first-order valence-electron chi connectivity index (χ1n) is 13.4. The minimum absolute atomic E-state index is 0.0329. The number of aliphatic hydroxyl groups excluding tert-OH is 1. The van der Waals surface area contributed by atoms with Crippen LogP contribution in [0.2, 0.25) is 0 Å². The fourth-order valence-electron chi connectivity index (χ4n) is 9.35. The highest BCUT2D eigenvalue weighted by Gasteiger charge is 2.63. The Labute approximate surface area is 205 Å². The first kappa shape index (κ1) is 24.3. The third kappa shape index (κ3) is 3.06. The van der Waals surface area contributed by atoms with Crippen LogP contribution in [0.5, 0.6) is 0 Å². The SMILES string of the molecule is CC1=CC(O)(C[C@@H](C)C2=CC[C@@]3(C)C4CC[C@H]5C(C)(C)[C@H](O)CC[C@]5(C)C4=CC[C@]23C)OC1=O. The van der Waals surface area contributed by atoms with Gasteiger partial charge in [0.05, 0.1) is 6.10 Å². The van der Waals surface area contributed by atoms with Gasteiger partial charge in [-0.15, -0.1) is 0 Å². The zero-order chi connectivity index (χ0) is 24.9. The average Bonchev–Trinajstić information content (AvgIpc) is 3.16. The van der Waals surface area contributed by atoms with Gasteiger partial charge in [0.15, 0.2) is 0 Å². The van der Waals surface area contributed by atoms with E-state index in [1.165, 1.54) is 18.4 Å². The lowest BCUT2D eigenvalue weighted by atomic mass is 9.41. The first-order valence-corrected chi connectivity index (χ1v) is 13.4. The van der Waals surface area contributed by atoms with Crippen molar-refractivity contribution in [3.05, 3.63) is 34.9 Å². The number of ether oxygens (including phenoxy) is 1. The van der Waals surface area contributed by atoms with Crippen LogP contribution in [0.25, 0.3) is 0 Å². The summed E-state index contributed by atoms with van der Waals surface area (Å²) in [5, 5.41) is 21.8. The van der Waals surface area contributed by atoms with E-state index < -0.39 is 11.8 Å². The molecule has 34 heavy (non-hydrogen) atoms. The molecule has 8 atom stereocenters. The molecule has 5 rings (SSSR count). The summed E-state index contributed by atoms with van der Waals surface area (Å²) in [6.07, 6.45) is 13.2. The molecule has 0 spiro atoms. The van der Waals surface area contributed by atoms with Crippen LogP contribution in [0.1, 0.15) is 93.4 Å². The molecule has 1 heterocycles. The molecule has 2 saturated carbocycles. The van der Waals surface area contributed by atoms with Gasteiger partial charge in [-0.1, -0.05) is 64.8 Å². The van der Waals surface area contributed by atoms with Gasteiger partial charge >= 0.3 is 5.97 Å². The smallest absolute Gasteiger partial charge is 0.336 e. The third-order valence-corrected chi connectivity index (χ3v) is 11.5. The summed E-state index contributed by atoms with van der Waals surface area (Å²) in [6.45, 7) is 15.9. The molecular formula is C30H44O4. The van der Waals surface area contributed by atoms with Crippen LogP contribution in [0.4, 0.5) is 0 Å². The number of hydrogen-bond donors (Lipinski definition) is 2. The van der Waals surface area contributed by atoms with E-state index in [9.17, 15) is 15.0 Å². The number of carbonyl (C=O) groups excluding carboxylic acids is 1. The minimum atomic E-state index is -1.49. The zero-order valence-electron chi connectivity index (χ0n) is 22.2. The highest BCUT2D eigenvalue weighted by atomic mass is 16.7. The fourth-order valence-corrected chi connectivity index (χ4v) is 9.35. The molecule has 2 N–H and O–H groups in total. The Morgan fingerprint density at radius 2 is 1.79 bits per heavy atom. The summed E-state index contributed by atoms with van der Waals surface area (Å²) in [5.74, 6) is -0.714. The summed E-state index contributed by atoms with van der Waals surface area (Å²) >= 11 is 0. The highest BCUT2D eigenvalue weighted by Crippen LogP contribution is 2.71. The number of rotatable bonds is 3. The molecule has 0 amide bonds. The Morgan fingerprint density at radius 1 is 1.09 bits per heavy atom. The lowest BCUT2D eigenvalue weighted by molar-refractivity contribution is -0.182. The number of hydrogen-bond acceptors (Lipinski definition) is 4. The van der Waals surface area contributed by atoms with E-state index >= 15 is 0 Å². The number of allylic oxidation sites excluding steroid dienone is 4. The Hall–Kier alpha value is -1.39. The van der Waals surface area contributed by atoms with Crippen molar-refractivity contribution in [2.75, 3.05) is 0 Å². The Balaban J connectivity index is 1.45. The van der Waals surface area contributed by atoms with Crippen molar-refractivity contribution in [2.24, 2.45) is 39.4 Å². The van der Waals surface area contributed by atoms with Crippen LogP contribution in [0.15, 0.2) is 34.9 Å². The second-order valence-electron chi connectivity index (χ2n) is 13.6. The molecule has 188 valence electrons. The lowest BCUT2D eigenvalue weighted by Crippen LogP contribution is -2.57. The summed E-state index contributed by atoms with van der Waals surface area (Å²) in [6, 6.07) is 0. The number of carbonyl (C=O) groups is 1. The molecule has 4 nitrogen and oxygen atoms in total. The summed E-state index contributed by atoms with van der Waals surface area (Å²) < 4.78 is 5.34. The molecule has 0 bridgehead atoms. The van der Waals surface area contributed by atoms with Crippen LogP contribution in [-0.2, 0) is 9.53 Å². The quantitative estimate of drug-likeness (QED) is 0.388. The zero-order valence-corrected chi connectivity index (χ0v) is 22.2. The van der Waals surface area contributed by atoms with Crippen molar-refractivity contribution in [3.8, 4) is 0 Å². The summed E-state index contributed by atoms with van der Waals surface area (Å²) in [5.41, 5.74) is 3.86. The molecule has 2 unspecified atom stereocenters. The predicted molar refractivity (Wildman–Crippen MR) is 134 cm³/mol. The Bertz CT molecular complexity index is 1000. The maximum absolute atomic E-state index is 11.9. The van der Waals surface area contributed by atoms with Crippen molar-refractivity contribution in [1.29, 1.82) is 0 Å². The van der Waals surface area contributed by atoms with E-state index in [0.717, 1.165) is 25.7 Å². The molecule has 2 fully saturated rings. The van der Waals surface area contributed by atoms with Gasteiger partial charge in [-0.2, -0.15) is 0 Å². The third-order valence-electron chi connectivity index (χ3n) is 11.5. The standard InChI is InChI=1S/C30H44O4/c1-18(16-30(33)17-19(2)25(32)34-30)20-10-14-29(7)22-8-9-23-26(3,4)24(31)12-13-27(23,5)21(22)11-15-28(20,29)6/h10-11,17-18,22-24,31,33H,8-9,12-16H2,1-7H3/t18-,22?,23+,24-,27-,28-,29+,30?/m1/s1. The molecule has 1 aliphatic heterocycles. The van der Waals surface area contributed by atoms with Gasteiger partial charge in [-0.05, 0) is 90.9 Å². The average molecular weight is 469 g/mol. The molecule has 5 aliphatic rings. The monoisotopic (exact) mass is 468 g/mol. The van der Waals surface area contributed by atoms with Gasteiger partial charge < -0.3 is 14.9 Å². The van der Waals surface area contributed by atoms with Crippen LogP contribution >= 0.6 is 0 Å². The summed E-state index contributed by atoms with van der Waals surface area (Å²) in [4.78, 5) is 11.9. The van der Waals surface area contributed by atoms with Gasteiger partial charge in [0.2, 0.25) is 5.79 Å². The van der Waals surface area contributed by atoms with Gasteiger partial charge in [0, 0.05) is 12.0 Å². The van der Waals surface area contributed by atoms with Crippen molar-refractivity contribution in [2.45, 2.75) is 105 Å². The fraction of sp³-hybridized carbons (Fsp3) is 0.767. The molecular weight excluding hydrogens is 424 g/mol. The maximum Gasteiger partial charge on any atom is 0.336 e. The van der Waals surface area contributed by atoms with Crippen LogP contribution in [-0.4, -0.2) is 28.1 Å². The lowest BCUT2D eigenvalue weighted by Gasteiger charge is -2.64. The first-order chi connectivity index (χ1) is 15.7. The van der Waals surface area contributed by atoms with Crippen LogP contribution in [0.3, 0.4) is 0 Å². The second kappa shape index (κ2) is 7.32. The molecule has 0 aromatic rings. The van der Waals surface area contributed by atoms with E-state index in [0.29, 0.717) is 23.8 Å². The summed E-state index contributed by atoms with van der Waals surface area (Å²) in [7, 11) is 0. The van der Waals surface area contributed by atoms with Crippen molar-refractivity contribution in [1.82, 2.24) is 0 Å². The molecule has 0 aromatic heterocycles. The van der Waals surface area contributed by atoms with Gasteiger partial charge in [0.1, 0.15) is 0 Å². The van der Waals surface area contributed by atoms with Gasteiger partial charge in [-0.25, -0.2) is 4.79 Å². The Kier molecular flexibility index (Phi) is 5.23. The van der Waals surface area contributed by atoms with Gasteiger partial charge in [-0.3, -0.25) is 0 Å². The molecule has 0 radical (unpaired) electrons. The normalized spacial score (nSPS) is 48.1. The van der Waals surface area contributed by atoms with E-state index in [1.54, 1.807) is 18.6 Å². The molecule has 4 heteroatoms. The molecule has 4 aliphatic carbocycles. The largest absolute Gasteiger partial charge is 0.426 e. The number of fused-ring (bicyclic) bond motifs is 5. The second-order valence-corrected chi connectivity index (χ2v) is 13.6. The van der Waals surface area contributed by atoms with E-state index in [1.807, 2.05) is 0 Å². The van der Waals surface area contributed by atoms with E-state index in [-0.39, 0.29) is 33.7 Å². The van der Waals surface area contributed by atoms with E-state index in [4.69, 9.17) is 4.74 Å². The number of aliphatic hydroxyl groups is 2. The number of esters is 1. The Morgan fingerprint density at radius 3 is 2.44 bits per heavy atom. The van der Waals surface area contributed by atoms with E-state index in [2.05, 4.69) is 53.7 Å². The van der Waals surface area contributed by atoms with Crippen molar-refractivity contribution >= 4 is 5.97 Å². The maximum atomic E-state index is 11.9. The van der Waals surface area contributed by atoms with Crippen molar-refractivity contribution in [3.63, 3.8) is 0 Å². The predicted octanol–water partition coefficient (Wildman–Crippen LogP) is 6.09. The molecule has 0 saturated heterocycles.